The van der Waals surface area contributed by atoms with Crippen molar-refractivity contribution in [3.8, 4) is 5.75 Å². The van der Waals surface area contributed by atoms with Crippen LogP contribution in [0.25, 0.3) is 0 Å². The average Bonchev–Trinajstić information content (AvgIpc) is 2.38. The Hall–Kier alpha value is -2.00. The monoisotopic (exact) mass is 261 g/mol. The summed E-state index contributed by atoms with van der Waals surface area (Å²) in [5, 5.41) is 10.1. The van der Waals surface area contributed by atoms with Crippen LogP contribution in [0.3, 0.4) is 0 Å². The van der Waals surface area contributed by atoms with E-state index in [0.29, 0.717) is 5.02 Å². The van der Waals surface area contributed by atoms with Crippen LogP contribution in [0.5, 0.6) is 5.75 Å². The molecule has 4 heteroatoms. The Morgan fingerprint density at radius 1 is 1.17 bits per heavy atom. The largest absolute Gasteiger partial charge is 0.507 e. The number of nitrogens with zero attached hydrogens (tertiary/aromatic N) is 1. The molecule has 0 aromatic heterocycles. The van der Waals surface area contributed by atoms with Gasteiger partial charge in [-0.05, 0) is 30.3 Å². The molecule has 0 saturated carbocycles. The summed E-state index contributed by atoms with van der Waals surface area (Å²) in [6.45, 7) is 0. The molecule has 0 spiro atoms. The molecule has 0 heterocycles. The van der Waals surface area contributed by atoms with Gasteiger partial charge in [0.2, 0.25) is 0 Å². The van der Waals surface area contributed by atoms with E-state index in [-0.39, 0.29) is 17.2 Å². The molecule has 0 radical (unpaired) electrons. The topological polar surface area (TPSA) is 40.5 Å². The first-order valence-corrected chi connectivity index (χ1v) is 5.79. The van der Waals surface area contributed by atoms with Crippen molar-refractivity contribution >= 4 is 23.2 Å². The Morgan fingerprint density at radius 2 is 1.83 bits per heavy atom. The second-order valence-corrected chi connectivity index (χ2v) is 4.30. The molecule has 0 aliphatic carbocycles. The number of rotatable bonds is 2. The maximum Gasteiger partial charge on any atom is 0.261 e. The summed E-state index contributed by atoms with van der Waals surface area (Å²) in [7, 11) is 1.66. The van der Waals surface area contributed by atoms with Gasteiger partial charge in [0.15, 0.2) is 0 Å². The maximum atomic E-state index is 12.2. The number of halogens is 1. The Morgan fingerprint density at radius 3 is 2.44 bits per heavy atom. The third kappa shape index (κ3) is 2.46. The van der Waals surface area contributed by atoms with Gasteiger partial charge in [0.25, 0.3) is 5.91 Å². The third-order valence-electron chi connectivity index (χ3n) is 2.64. The fourth-order valence-corrected chi connectivity index (χ4v) is 1.80. The van der Waals surface area contributed by atoms with Gasteiger partial charge in [0.1, 0.15) is 5.75 Å². The number of benzene rings is 2. The van der Waals surface area contributed by atoms with E-state index in [0.717, 1.165) is 5.69 Å². The summed E-state index contributed by atoms with van der Waals surface area (Å²) in [5.74, 6) is -0.398. The van der Waals surface area contributed by atoms with Crippen LogP contribution in [0, 0.1) is 0 Å². The molecule has 0 aliphatic heterocycles. The second-order valence-electron chi connectivity index (χ2n) is 3.86. The molecule has 0 aliphatic rings. The summed E-state index contributed by atoms with van der Waals surface area (Å²) >= 11 is 5.73. The Kier molecular flexibility index (Phi) is 3.53. The lowest BCUT2D eigenvalue weighted by molar-refractivity contribution is 0.0990. The molecule has 18 heavy (non-hydrogen) atoms. The summed E-state index contributed by atoms with van der Waals surface area (Å²) in [4.78, 5) is 13.7. The lowest BCUT2D eigenvalue weighted by atomic mass is 10.1. The number of carbonyl (C=O) groups excluding carboxylic acids is 1. The zero-order valence-electron chi connectivity index (χ0n) is 9.80. The minimum absolute atomic E-state index is 0.115. The molecule has 3 nitrogen and oxygen atoms in total. The molecule has 0 atom stereocenters. The second kappa shape index (κ2) is 5.10. The number of aromatic hydroxyl groups is 1. The Bertz CT molecular complexity index is 569. The Balaban J connectivity index is 2.32. The zero-order chi connectivity index (χ0) is 13.1. The number of phenolic OH excluding ortho intramolecular Hbond substituents is 1. The van der Waals surface area contributed by atoms with Gasteiger partial charge >= 0.3 is 0 Å². The predicted octanol–water partition coefficient (Wildman–Crippen LogP) is 3.32. The van der Waals surface area contributed by atoms with Gasteiger partial charge in [0, 0.05) is 17.8 Å². The molecule has 2 aromatic carbocycles. The molecule has 2 rings (SSSR count). The summed E-state index contributed by atoms with van der Waals surface area (Å²) in [5.41, 5.74) is 0.989. The van der Waals surface area contributed by atoms with E-state index < -0.39 is 0 Å². The molecule has 2 aromatic rings. The van der Waals surface area contributed by atoms with Crippen LogP contribution in [-0.2, 0) is 0 Å². The van der Waals surface area contributed by atoms with Crippen molar-refractivity contribution in [2.45, 2.75) is 0 Å². The first kappa shape index (κ1) is 12.5. The summed E-state index contributed by atoms with van der Waals surface area (Å²) in [6, 6.07) is 13.7. The van der Waals surface area contributed by atoms with Gasteiger partial charge < -0.3 is 10.0 Å². The normalized spacial score (nSPS) is 10.1. The van der Waals surface area contributed by atoms with Crippen molar-refractivity contribution in [3.63, 3.8) is 0 Å². The number of amides is 1. The molecule has 1 amide bonds. The number of para-hydroxylation sites is 1. The number of hydrogen-bond acceptors (Lipinski definition) is 2. The lowest BCUT2D eigenvalue weighted by Gasteiger charge is -2.17. The van der Waals surface area contributed by atoms with E-state index in [1.165, 1.54) is 17.0 Å². The van der Waals surface area contributed by atoms with Crippen molar-refractivity contribution in [2.24, 2.45) is 0 Å². The molecule has 0 unspecified atom stereocenters. The van der Waals surface area contributed by atoms with Crippen LogP contribution in [0.1, 0.15) is 10.4 Å². The first-order chi connectivity index (χ1) is 8.59. The fraction of sp³-hybridized carbons (Fsp3) is 0.0714. The summed E-state index contributed by atoms with van der Waals surface area (Å²) < 4.78 is 0. The summed E-state index contributed by atoms with van der Waals surface area (Å²) in [6.07, 6.45) is 0. The van der Waals surface area contributed by atoms with Gasteiger partial charge in [-0.15, -0.1) is 0 Å². The van der Waals surface area contributed by atoms with Gasteiger partial charge in [-0.1, -0.05) is 29.8 Å². The fourth-order valence-electron chi connectivity index (χ4n) is 1.64. The molecular weight excluding hydrogens is 250 g/mol. The van der Waals surface area contributed by atoms with E-state index >= 15 is 0 Å². The molecule has 1 N–H and O–H groups in total. The number of carbonyl (C=O) groups is 1. The predicted molar refractivity (Wildman–Crippen MR) is 72.3 cm³/mol. The van der Waals surface area contributed by atoms with Gasteiger partial charge in [-0.3, -0.25) is 4.79 Å². The Labute approximate surface area is 110 Å². The van der Waals surface area contributed by atoms with Crippen molar-refractivity contribution < 1.29 is 9.90 Å². The highest BCUT2D eigenvalue weighted by molar-refractivity contribution is 6.31. The van der Waals surface area contributed by atoms with E-state index in [1.807, 2.05) is 30.3 Å². The van der Waals surface area contributed by atoms with Gasteiger partial charge in [-0.2, -0.15) is 0 Å². The minimum Gasteiger partial charge on any atom is -0.507 e. The number of hydrogen-bond donors (Lipinski definition) is 1. The zero-order valence-corrected chi connectivity index (χ0v) is 10.6. The molecular formula is C14H12ClNO2. The highest BCUT2D eigenvalue weighted by Crippen LogP contribution is 2.24. The SMILES string of the molecule is CN(C(=O)c1ccc(Cl)cc1O)c1ccccc1. The van der Waals surface area contributed by atoms with Crippen molar-refractivity contribution in [1.82, 2.24) is 0 Å². The van der Waals surface area contributed by atoms with Crippen LogP contribution < -0.4 is 4.90 Å². The highest BCUT2D eigenvalue weighted by Gasteiger charge is 2.16. The van der Waals surface area contributed by atoms with Crippen molar-refractivity contribution in [2.75, 3.05) is 11.9 Å². The van der Waals surface area contributed by atoms with E-state index in [9.17, 15) is 9.90 Å². The van der Waals surface area contributed by atoms with Crippen molar-refractivity contribution in [1.29, 1.82) is 0 Å². The quantitative estimate of drug-likeness (QED) is 0.901. The van der Waals surface area contributed by atoms with Gasteiger partial charge in [0.05, 0.1) is 5.56 Å². The minimum atomic E-state index is -0.282. The van der Waals surface area contributed by atoms with Crippen LogP contribution >= 0.6 is 11.6 Å². The average molecular weight is 262 g/mol. The van der Waals surface area contributed by atoms with Crippen LogP contribution in [0.2, 0.25) is 5.02 Å². The van der Waals surface area contributed by atoms with E-state index in [4.69, 9.17) is 11.6 Å². The first-order valence-electron chi connectivity index (χ1n) is 5.41. The molecule has 0 bridgehead atoms. The van der Waals surface area contributed by atoms with Crippen LogP contribution in [0.4, 0.5) is 5.69 Å². The van der Waals surface area contributed by atoms with E-state index in [1.54, 1.807) is 13.1 Å². The van der Waals surface area contributed by atoms with E-state index in [2.05, 4.69) is 0 Å². The highest BCUT2D eigenvalue weighted by atomic mass is 35.5. The maximum absolute atomic E-state index is 12.2. The lowest BCUT2D eigenvalue weighted by Crippen LogP contribution is -2.26. The number of anilines is 1. The third-order valence-corrected chi connectivity index (χ3v) is 2.87. The smallest absolute Gasteiger partial charge is 0.261 e. The molecule has 92 valence electrons. The van der Waals surface area contributed by atoms with Crippen LogP contribution in [0.15, 0.2) is 48.5 Å². The molecule has 0 saturated heterocycles. The van der Waals surface area contributed by atoms with Crippen LogP contribution in [-0.4, -0.2) is 18.1 Å². The van der Waals surface area contributed by atoms with Gasteiger partial charge in [-0.25, -0.2) is 0 Å². The van der Waals surface area contributed by atoms with Crippen molar-refractivity contribution in [3.05, 3.63) is 59.1 Å². The number of phenols is 1. The molecule has 0 fully saturated rings. The standard InChI is InChI=1S/C14H12ClNO2/c1-16(11-5-3-2-4-6-11)14(18)12-8-7-10(15)9-13(12)17/h2-9,17H,1H3.